The topological polar surface area (TPSA) is 29.5 Å². The lowest BCUT2D eigenvalue weighted by atomic mass is 9.98. The maximum atomic E-state index is 9.09. The van der Waals surface area contributed by atoms with E-state index in [0.717, 1.165) is 30.1 Å². The predicted octanol–water partition coefficient (Wildman–Crippen LogP) is 2.58. The molecule has 1 aromatic carbocycles. The van der Waals surface area contributed by atoms with Gasteiger partial charge in [-0.2, -0.15) is 0 Å². The number of benzene rings is 1. The van der Waals surface area contributed by atoms with E-state index >= 15 is 0 Å². The Labute approximate surface area is 91.9 Å². The maximum absolute atomic E-state index is 9.09. The summed E-state index contributed by atoms with van der Waals surface area (Å²) in [4.78, 5) is 0. The van der Waals surface area contributed by atoms with Crippen LogP contribution in [-0.2, 0) is 6.42 Å². The van der Waals surface area contributed by atoms with Crippen molar-refractivity contribution in [2.45, 2.75) is 26.7 Å². The Bertz CT molecular complexity index is 307. The van der Waals surface area contributed by atoms with Crippen LogP contribution in [0.5, 0.6) is 5.75 Å². The second-order valence-electron chi connectivity index (χ2n) is 3.76. The molecule has 2 heteroatoms. The second kappa shape index (κ2) is 5.76. The first-order valence-corrected chi connectivity index (χ1v) is 5.32. The molecule has 15 heavy (non-hydrogen) atoms. The summed E-state index contributed by atoms with van der Waals surface area (Å²) in [5.74, 6) is 1.84. The third-order valence-electron chi connectivity index (χ3n) is 2.47. The van der Waals surface area contributed by atoms with Crippen molar-refractivity contribution in [3.8, 4) is 5.75 Å². The fraction of sp³-hybridized carbons (Fsp3) is 0.462. The molecule has 0 spiro atoms. The molecule has 0 atom stereocenters. The number of aryl methyl sites for hydroxylation is 1. The SMILES string of the molecule is CCCc1cc(OC)cc([C](C)CO)c1. The minimum absolute atomic E-state index is 0.0960. The van der Waals surface area contributed by atoms with Gasteiger partial charge in [0.2, 0.25) is 0 Å². The molecule has 0 saturated heterocycles. The molecule has 0 aliphatic carbocycles. The summed E-state index contributed by atoms with van der Waals surface area (Å²) < 4.78 is 5.24. The molecule has 0 aliphatic heterocycles. The molecule has 0 fully saturated rings. The molecule has 0 heterocycles. The van der Waals surface area contributed by atoms with Crippen LogP contribution in [0.15, 0.2) is 18.2 Å². The van der Waals surface area contributed by atoms with Crippen LogP contribution < -0.4 is 4.74 Å². The van der Waals surface area contributed by atoms with Crippen molar-refractivity contribution in [3.05, 3.63) is 35.2 Å². The number of aliphatic hydroxyl groups is 1. The molecule has 0 aliphatic rings. The van der Waals surface area contributed by atoms with Crippen LogP contribution in [0.2, 0.25) is 0 Å². The van der Waals surface area contributed by atoms with E-state index < -0.39 is 0 Å². The monoisotopic (exact) mass is 207 g/mol. The third kappa shape index (κ3) is 3.24. The van der Waals surface area contributed by atoms with Crippen molar-refractivity contribution in [2.24, 2.45) is 0 Å². The standard InChI is InChI=1S/C13H19O2/c1-4-5-11-6-12(10(2)9-14)8-13(7-11)15-3/h6-8,14H,4-5,9H2,1-3H3. The Balaban J connectivity index is 2.99. The van der Waals surface area contributed by atoms with Gasteiger partial charge in [-0.05, 0) is 29.7 Å². The van der Waals surface area contributed by atoms with Crippen molar-refractivity contribution >= 4 is 0 Å². The van der Waals surface area contributed by atoms with E-state index in [1.807, 2.05) is 13.0 Å². The summed E-state index contributed by atoms with van der Waals surface area (Å²) >= 11 is 0. The van der Waals surface area contributed by atoms with E-state index in [2.05, 4.69) is 19.1 Å². The van der Waals surface area contributed by atoms with Gasteiger partial charge < -0.3 is 9.84 Å². The highest BCUT2D eigenvalue weighted by atomic mass is 16.5. The fourth-order valence-corrected chi connectivity index (χ4v) is 1.55. The molecule has 1 rings (SSSR count). The largest absolute Gasteiger partial charge is 0.497 e. The third-order valence-corrected chi connectivity index (χ3v) is 2.47. The molecular weight excluding hydrogens is 188 g/mol. The molecule has 0 saturated carbocycles. The van der Waals surface area contributed by atoms with E-state index in [1.54, 1.807) is 7.11 Å². The lowest BCUT2D eigenvalue weighted by Crippen LogP contribution is -2.01. The van der Waals surface area contributed by atoms with Crippen LogP contribution in [0.1, 0.15) is 31.4 Å². The van der Waals surface area contributed by atoms with Gasteiger partial charge >= 0.3 is 0 Å². The lowest BCUT2D eigenvalue weighted by Gasteiger charge is -2.12. The number of rotatable bonds is 5. The molecule has 0 aromatic heterocycles. The Morgan fingerprint density at radius 1 is 1.33 bits per heavy atom. The highest BCUT2D eigenvalue weighted by Crippen LogP contribution is 2.23. The van der Waals surface area contributed by atoms with Crippen LogP contribution in [0.4, 0.5) is 0 Å². The molecule has 83 valence electrons. The Hall–Kier alpha value is -1.02. The van der Waals surface area contributed by atoms with E-state index in [-0.39, 0.29) is 6.61 Å². The number of methoxy groups -OCH3 is 1. The summed E-state index contributed by atoms with van der Waals surface area (Å²) in [5, 5.41) is 9.09. The van der Waals surface area contributed by atoms with Gasteiger partial charge in [0.25, 0.3) is 0 Å². The molecule has 0 unspecified atom stereocenters. The zero-order valence-corrected chi connectivity index (χ0v) is 9.71. The lowest BCUT2D eigenvalue weighted by molar-refractivity contribution is 0.314. The van der Waals surface area contributed by atoms with E-state index in [4.69, 9.17) is 9.84 Å². The van der Waals surface area contributed by atoms with E-state index in [9.17, 15) is 0 Å². The van der Waals surface area contributed by atoms with Crippen LogP contribution in [0.3, 0.4) is 0 Å². The highest BCUT2D eigenvalue weighted by molar-refractivity contribution is 5.41. The number of aliphatic hydroxyl groups excluding tert-OH is 1. The van der Waals surface area contributed by atoms with E-state index in [1.165, 1.54) is 5.56 Å². The molecule has 1 radical (unpaired) electrons. The van der Waals surface area contributed by atoms with Gasteiger partial charge in [-0.15, -0.1) is 0 Å². The van der Waals surface area contributed by atoms with E-state index in [0.29, 0.717) is 0 Å². The smallest absolute Gasteiger partial charge is 0.119 e. The van der Waals surface area contributed by atoms with Crippen molar-refractivity contribution < 1.29 is 9.84 Å². The minimum atomic E-state index is 0.0960. The quantitative estimate of drug-likeness (QED) is 0.804. The Morgan fingerprint density at radius 3 is 2.60 bits per heavy atom. The van der Waals surface area contributed by atoms with Crippen molar-refractivity contribution in [2.75, 3.05) is 13.7 Å². The zero-order valence-electron chi connectivity index (χ0n) is 9.71. The number of hydrogen-bond acceptors (Lipinski definition) is 2. The molecular formula is C13H19O2. The minimum Gasteiger partial charge on any atom is -0.497 e. The maximum Gasteiger partial charge on any atom is 0.119 e. The highest BCUT2D eigenvalue weighted by Gasteiger charge is 2.08. The van der Waals surface area contributed by atoms with Crippen molar-refractivity contribution in [3.63, 3.8) is 0 Å². The summed E-state index contributed by atoms with van der Waals surface area (Å²) in [7, 11) is 1.67. The van der Waals surface area contributed by atoms with Gasteiger partial charge in [0.15, 0.2) is 0 Å². The van der Waals surface area contributed by atoms with Crippen molar-refractivity contribution in [1.29, 1.82) is 0 Å². The van der Waals surface area contributed by atoms with Crippen LogP contribution in [0, 0.1) is 5.92 Å². The first-order valence-electron chi connectivity index (χ1n) is 5.32. The predicted molar refractivity (Wildman–Crippen MR) is 62.1 cm³/mol. The fourth-order valence-electron chi connectivity index (χ4n) is 1.55. The number of ether oxygens (including phenoxy) is 1. The molecule has 2 nitrogen and oxygen atoms in total. The van der Waals surface area contributed by atoms with Gasteiger partial charge in [0.05, 0.1) is 13.7 Å². The average molecular weight is 207 g/mol. The Kier molecular flexibility index (Phi) is 4.63. The van der Waals surface area contributed by atoms with Crippen LogP contribution in [-0.4, -0.2) is 18.8 Å². The second-order valence-corrected chi connectivity index (χ2v) is 3.76. The molecule has 0 amide bonds. The van der Waals surface area contributed by atoms with Gasteiger partial charge in [0.1, 0.15) is 5.75 Å². The van der Waals surface area contributed by atoms with Crippen LogP contribution in [0.25, 0.3) is 0 Å². The van der Waals surface area contributed by atoms with Gasteiger partial charge in [-0.1, -0.05) is 26.3 Å². The zero-order chi connectivity index (χ0) is 11.3. The molecule has 0 bridgehead atoms. The summed E-state index contributed by atoms with van der Waals surface area (Å²) in [6, 6.07) is 6.14. The van der Waals surface area contributed by atoms with Crippen molar-refractivity contribution in [1.82, 2.24) is 0 Å². The van der Waals surface area contributed by atoms with Gasteiger partial charge in [-0.3, -0.25) is 0 Å². The normalized spacial score (nSPS) is 10.7. The average Bonchev–Trinajstić information content (AvgIpc) is 2.28. The Morgan fingerprint density at radius 2 is 2.07 bits per heavy atom. The first-order chi connectivity index (χ1) is 7.21. The molecule has 1 aromatic rings. The molecule has 1 N–H and O–H groups in total. The summed E-state index contributed by atoms with van der Waals surface area (Å²) in [6.07, 6.45) is 2.16. The van der Waals surface area contributed by atoms with Gasteiger partial charge in [-0.25, -0.2) is 0 Å². The summed E-state index contributed by atoms with van der Waals surface area (Å²) in [5.41, 5.74) is 2.33. The number of hydrogen-bond donors (Lipinski definition) is 1. The van der Waals surface area contributed by atoms with Gasteiger partial charge in [0, 0.05) is 5.92 Å². The summed E-state index contributed by atoms with van der Waals surface area (Å²) in [6.45, 7) is 4.19. The first kappa shape index (κ1) is 12.1. The van der Waals surface area contributed by atoms with Crippen LogP contribution >= 0.6 is 0 Å².